The topological polar surface area (TPSA) is 143 Å². The number of nitrogens with one attached hydrogen (secondary N) is 3. The van der Waals surface area contributed by atoms with Crippen LogP contribution in [0.15, 0.2) is 168 Å². The van der Waals surface area contributed by atoms with E-state index in [1.54, 1.807) is 60.7 Å². The number of thioether (sulfide) groups is 1. The minimum absolute atomic E-state index is 0.144. The van der Waals surface area contributed by atoms with Crippen molar-refractivity contribution in [2.75, 3.05) is 10.6 Å². The van der Waals surface area contributed by atoms with Gasteiger partial charge in [-0.25, -0.2) is 4.98 Å². The van der Waals surface area contributed by atoms with Crippen LogP contribution in [0, 0.1) is 10.1 Å². The maximum Gasteiger partial charge on any atom is 0.276 e. The Morgan fingerprint density at radius 1 is 0.745 bits per heavy atom. The summed E-state index contributed by atoms with van der Waals surface area (Å²) in [6.45, 7) is 0. The zero-order chi connectivity index (χ0) is 38.1. The molecule has 0 aliphatic heterocycles. The Labute approximate surface area is 324 Å². The molecule has 1 aromatic heterocycles. The first kappa shape index (κ1) is 36.5. The second-order valence-electron chi connectivity index (χ2n) is 12.2. The molecule has 6 aromatic carbocycles. The van der Waals surface area contributed by atoms with Crippen LogP contribution >= 0.6 is 23.1 Å². The van der Waals surface area contributed by atoms with Crippen molar-refractivity contribution in [3.05, 3.63) is 190 Å². The fourth-order valence-electron chi connectivity index (χ4n) is 5.71. The molecule has 0 saturated heterocycles. The summed E-state index contributed by atoms with van der Waals surface area (Å²) in [5.74, 6) is -1.48. The maximum atomic E-state index is 13.8. The molecular weight excluding hydrogens is 731 g/mol. The maximum absolute atomic E-state index is 13.8. The highest BCUT2D eigenvalue weighted by Gasteiger charge is 2.24. The molecule has 12 heteroatoms. The number of carbonyl (C=O) groups excluding carboxylic acids is 3. The van der Waals surface area contributed by atoms with Crippen molar-refractivity contribution in [3.8, 4) is 11.3 Å². The molecule has 7 rings (SSSR count). The molecule has 3 N–H and O–H groups in total. The minimum atomic E-state index is -0.684. The summed E-state index contributed by atoms with van der Waals surface area (Å²) < 4.78 is 0. The van der Waals surface area contributed by atoms with Crippen LogP contribution in [-0.2, 0) is 9.59 Å². The molecule has 0 spiro atoms. The molecule has 0 aliphatic carbocycles. The van der Waals surface area contributed by atoms with Gasteiger partial charge in [-0.15, -0.1) is 23.1 Å². The molecule has 0 bridgehead atoms. The molecule has 7 aromatic rings. The quantitative estimate of drug-likeness (QED) is 0.0487. The number of thiazole rings is 1. The number of aromatic nitrogens is 1. The van der Waals surface area contributed by atoms with Gasteiger partial charge in [0, 0.05) is 33.2 Å². The van der Waals surface area contributed by atoms with E-state index in [4.69, 9.17) is 4.98 Å². The van der Waals surface area contributed by atoms with E-state index in [0.29, 0.717) is 16.4 Å². The van der Waals surface area contributed by atoms with E-state index in [1.807, 2.05) is 53.9 Å². The van der Waals surface area contributed by atoms with Crippen molar-refractivity contribution in [1.82, 2.24) is 10.3 Å². The normalized spacial score (nSPS) is 11.7. The van der Waals surface area contributed by atoms with Crippen LogP contribution in [0.4, 0.5) is 16.5 Å². The van der Waals surface area contributed by atoms with Gasteiger partial charge in [0.15, 0.2) is 5.13 Å². The number of anilines is 2. The van der Waals surface area contributed by atoms with Gasteiger partial charge in [0.25, 0.3) is 17.5 Å². The minimum Gasteiger partial charge on any atom is -0.321 e. The van der Waals surface area contributed by atoms with Crippen molar-refractivity contribution in [2.24, 2.45) is 0 Å². The number of nitro benzene ring substituents is 1. The van der Waals surface area contributed by atoms with Crippen LogP contribution in [0.5, 0.6) is 0 Å². The fraction of sp³-hybridized carbons (Fsp3) is 0.0233. The van der Waals surface area contributed by atoms with Gasteiger partial charge in [-0.2, -0.15) is 0 Å². The summed E-state index contributed by atoms with van der Waals surface area (Å²) in [6, 6.07) is 44.9. The number of carbonyl (C=O) groups is 3. The van der Waals surface area contributed by atoms with E-state index < -0.39 is 22.0 Å². The first-order valence-electron chi connectivity index (χ1n) is 17.0. The Hall–Kier alpha value is -6.89. The van der Waals surface area contributed by atoms with Gasteiger partial charge in [-0.05, 0) is 70.9 Å². The first-order valence-corrected chi connectivity index (χ1v) is 18.8. The van der Waals surface area contributed by atoms with Gasteiger partial charge in [0.05, 0.1) is 16.2 Å². The highest BCUT2D eigenvalue weighted by Crippen LogP contribution is 2.37. The third kappa shape index (κ3) is 9.02. The highest BCUT2D eigenvalue weighted by atomic mass is 32.2. The van der Waals surface area contributed by atoms with Gasteiger partial charge in [-0.1, -0.05) is 97.1 Å². The van der Waals surface area contributed by atoms with Crippen LogP contribution in [0.25, 0.3) is 28.1 Å². The molecule has 1 unspecified atom stereocenters. The largest absolute Gasteiger partial charge is 0.321 e. The van der Waals surface area contributed by atoms with E-state index in [0.717, 1.165) is 32.5 Å². The van der Waals surface area contributed by atoms with Crippen LogP contribution in [0.2, 0.25) is 0 Å². The van der Waals surface area contributed by atoms with E-state index in [9.17, 15) is 24.5 Å². The van der Waals surface area contributed by atoms with Gasteiger partial charge >= 0.3 is 0 Å². The zero-order valence-corrected chi connectivity index (χ0v) is 30.6. The zero-order valence-electron chi connectivity index (χ0n) is 28.9. The van der Waals surface area contributed by atoms with Crippen LogP contribution in [0.1, 0.15) is 26.7 Å². The Kier molecular flexibility index (Phi) is 11.2. The summed E-state index contributed by atoms with van der Waals surface area (Å²) in [5.41, 5.74) is 2.97. The summed E-state index contributed by atoms with van der Waals surface area (Å²) >= 11 is 2.69. The third-order valence-corrected chi connectivity index (χ3v) is 10.5. The molecule has 270 valence electrons. The Morgan fingerprint density at radius 2 is 1.42 bits per heavy atom. The molecule has 1 heterocycles. The number of nitrogens with zero attached hydrogens (tertiary/aromatic N) is 2. The number of nitro groups is 1. The molecule has 1 atom stereocenters. The van der Waals surface area contributed by atoms with Gasteiger partial charge in [-0.3, -0.25) is 24.5 Å². The second-order valence-corrected chi connectivity index (χ2v) is 14.2. The fourth-order valence-corrected chi connectivity index (χ4v) is 7.46. The van der Waals surface area contributed by atoms with Gasteiger partial charge < -0.3 is 16.0 Å². The summed E-state index contributed by atoms with van der Waals surface area (Å²) in [4.78, 5) is 57.1. The number of hydrogen-bond acceptors (Lipinski definition) is 8. The average molecular weight is 762 g/mol. The van der Waals surface area contributed by atoms with Crippen LogP contribution in [0.3, 0.4) is 0 Å². The Balaban J connectivity index is 1.07. The Morgan fingerprint density at radius 3 is 2.16 bits per heavy atom. The summed E-state index contributed by atoms with van der Waals surface area (Å²) in [5, 5.41) is 24.1. The summed E-state index contributed by atoms with van der Waals surface area (Å²) in [6.07, 6.45) is 1.27. The van der Waals surface area contributed by atoms with Crippen LogP contribution < -0.4 is 16.0 Å². The third-order valence-electron chi connectivity index (χ3n) is 8.45. The number of fused-ring (bicyclic) bond motifs is 1. The number of rotatable bonds is 12. The van der Waals surface area contributed by atoms with Crippen molar-refractivity contribution in [1.29, 1.82) is 0 Å². The summed E-state index contributed by atoms with van der Waals surface area (Å²) in [7, 11) is 0. The molecule has 10 nitrogen and oxygen atoms in total. The lowest BCUT2D eigenvalue weighted by Crippen LogP contribution is -2.30. The molecule has 0 radical (unpaired) electrons. The van der Waals surface area contributed by atoms with Crippen molar-refractivity contribution < 1.29 is 19.3 Å². The number of para-hydroxylation sites is 1. The van der Waals surface area contributed by atoms with Crippen molar-refractivity contribution >= 4 is 74.2 Å². The van der Waals surface area contributed by atoms with Gasteiger partial charge in [0.1, 0.15) is 10.9 Å². The van der Waals surface area contributed by atoms with E-state index in [2.05, 4.69) is 40.2 Å². The molecule has 0 aliphatic rings. The number of benzene rings is 6. The second kappa shape index (κ2) is 16.8. The van der Waals surface area contributed by atoms with Gasteiger partial charge in [0.2, 0.25) is 5.91 Å². The molecule has 3 amide bonds. The molecular formula is C43H31N5O5S2. The monoisotopic (exact) mass is 761 g/mol. The average Bonchev–Trinajstić information content (AvgIpc) is 3.69. The van der Waals surface area contributed by atoms with Crippen LogP contribution in [-0.4, -0.2) is 27.6 Å². The van der Waals surface area contributed by atoms with Crippen molar-refractivity contribution in [3.63, 3.8) is 0 Å². The smallest absolute Gasteiger partial charge is 0.276 e. The van der Waals surface area contributed by atoms with E-state index >= 15 is 0 Å². The first-order chi connectivity index (χ1) is 26.8. The van der Waals surface area contributed by atoms with Crippen molar-refractivity contribution in [2.45, 2.75) is 10.1 Å². The number of hydrogen-bond donors (Lipinski definition) is 3. The lowest BCUT2D eigenvalue weighted by atomic mass is 10.1. The SMILES string of the molecule is O=C(Nc1ccc(SC(C(=O)Nc2nc(-c3ccc4ccccc4c3)cs2)c2ccccc2)cc1)/C(=C/c1ccccc1[N+](=O)[O-])NC(=O)c1ccccc1. The number of amides is 3. The molecule has 0 fully saturated rings. The highest BCUT2D eigenvalue weighted by molar-refractivity contribution is 8.00. The Bertz CT molecular complexity index is 2540. The standard InChI is InChI=1S/C43H31N5O5S2/c49-40(30-14-5-2-6-15-30)45-36(26-33-17-9-10-18-38(33)48(52)53)41(50)44-34-21-23-35(24-22-34)55-39(29-12-3-1-4-13-29)42(51)47-43-46-37(27-54-43)32-20-19-28-11-7-8-16-31(28)25-32/h1-27,39H,(H,44,50)(H,45,49)(H,46,47,51)/b36-26-. The predicted molar refractivity (Wildman–Crippen MR) is 219 cm³/mol. The molecule has 55 heavy (non-hydrogen) atoms. The molecule has 0 saturated carbocycles. The lowest BCUT2D eigenvalue weighted by Gasteiger charge is -2.17. The predicted octanol–water partition coefficient (Wildman–Crippen LogP) is 9.75. The van der Waals surface area contributed by atoms with E-state index in [1.165, 1.54) is 47.4 Å². The van der Waals surface area contributed by atoms with E-state index in [-0.39, 0.29) is 22.9 Å². The lowest BCUT2D eigenvalue weighted by molar-refractivity contribution is -0.385.